The molecule has 0 atom stereocenters. The van der Waals surface area contributed by atoms with Gasteiger partial charge in [-0.2, -0.15) is 0 Å². The van der Waals surface area contributed by atoms with Crippen LogP contribution in [0.25, 0.3) is 0 Å². The Bertz CT molecular complexity index is 714. The van der Waals surface area contributed by atoms with Crippen LogP contribution >= 0.6 is 0 Å². The van der Waals surface area contributed by atoms with Gasteiger partial charge in [0.1, 0.15) is 5.75 Å². The third-order valence-electron chi connectivity index (χ3n) is 5.89. The standard InChI is InChI=1S/C22H29N3O/c1-18-5-7-19(8-6-18)23-11-9-20(10-12-23)24-13-15-25(16-14-24)21-3-2-4-22(26)17-21/h2-8,17,20,26H,9-16H2,1H3. The molecule has 138 valence electrons. The number of aryl methyl sites for hydroxylation is 1. The number of anilines is 2. The van der Waals surface area contributed by atoms with Crippen molar-refractivity contribution >= 4 is 11.4 Å². The monoisotopic (exact) mass is 351 g/mol. The third kappa shape index (κ3) is 3.80. The maximum atomic E-state index is 9.69. The van der Waals surface area contributed by atoms with E-state index in [2.05, 4.69) is 52.0 Å². The molecule has 4 heteroatoms. The van der Waals surface area contributed by atoms with Gasteiger partial charge in [-0.3, -0.25) is 4.90 Å². The van der Waals surface area contributed by atoms with Crippen LogP contribution in [0.15, 0.2) is 48.5 Å². The summed E-state index contributed by atoms with van der Waals surface area (Å²) in [6.45, 7) is 8.77. The summed E-state index contributed by atoms with van der Waals surface area (Å²) in [6.07, 6.45) is 2.50. The van der Waals surface area contributed by atoms with Gasteiger partial charge in [0, 0.05) is 62.8 Å². The Morgan fingerprint density at radius 1 is 0.769 bits per heavy atom. The number of benzene rings is 2. The first kappa shape index (κ1) is 17.2. The van der Waals surface area contributed by atoms with Crippen LogP contribution in [0.1, 0.15) is 18.4 Å². The summed E-state index contributed by atoms with van der Waals surface area (Å²) in [5.74, 6) is 0.355. The number of rotatable bonds is 3. The van der Waals surface area contributed by atoms with E-state index in [1.807, 2.05) is 12.1 Å². The SMILES string of the molecule is Cc1ccc(N2CCC(N3CCN(c4cccc(O)c4)CC3)CC2)cc1. The summed E-state index contributed by atoms with van der Waals surface area (Å²) >= 11 is 0. The van der Waals surface area contributed by atoms with Crippen molar-refractivity contribution in [3.05, 3.63) is 54.1 Å². The van der Waals surface area contributed by atoms with Crippen LogP contribution in [0.5, 0.6) is 5.75 Å². The molecule has 0 saturated carbocycles. The van der Waals surface area contributed by atoms with Crippen LogP contribution in [0, 0.1) is 6.92 Å². The average molecular weight is 351 g/mol. The molecule has 4 nitrogen and oxygen atoms in total. The van der Waals surface area contributed by atoms with Crippen molar-refractivity contribution in [3.63, 3.8) is 0 Å². The normalized spacial score (nSPS) is 19.7. The molecule has 1 N–H and O–H groups in total. The average Bonchev–Trinajstić information content (AvgIpc) is 2.69. The van der Waals surface area contributed by atoms with E-state index in [1.54, 1.807) is 6.07 Å². The quantitative estimate of drug-likeness (QED) is 0.917. The number of piperazine rings is 1. The minimum absolute atomic E-state index is 0.355. The Morgan fingerprint density at radius 3 is 2.08 bits per heavy atom. The van der Waals surface area contributed by atoms with Gasteiger partial charge in [0.05, 0.1) is 0 Å². The van der Waals surface area contributed by atoms with E-state index in [9.17, 15) is 5.11 Å². The number of piperidine rings is 1. The highest BCUT2D eigenvalue weighted by Crippen LogP contribution is 2.26. The van der Waals surface area contributed by atoms with Crippen molar-refractivity contribution < 1.29 is 5.11 Å². The van der Waals surface area contributed by atoms with Gasteiger partial charge in [0.15, 0.2) is 0 Å². The lowest BCUT2D eigenvalue weighted by molar-refractivity contribution is 0.160. The fraction of sp³-hybridized carbons (Fsp3) is 0.455. The van der Waals surface area contributed by atoms with Crippen molar-refractivity contribution in [2.45, 2.75) is 25.8 Å². The maximum Gasteiger partial charge on any atom is 0.117 e. The zero-order valence-corrected chi connectivity index (χ0v) is 15.6. The van der Waals surface area contributed by atoms with E-state index in [-0.39, 0.29) is 0 Å². The fourth-order valence-corrected chi connectivity index (χ4v) is 4.28. The molecule has 0 spiro atoms. The summed E-state index contributed by atoms with van der Waals surface area (Å²) in [5, 5.41) is 9.69. The van der Waals surface area contributed by atoms with Gasteiger partial charge in [0.25, 0.3) is 0 Å². The molecule has 2 aliphatic rings. The number of hydrogen-bond acceptors (Lipinski definition) is 4. The topological polar surface area (TPSA) is 30.0 Å². The minimum atomic E-state index is 0.355. The van der Waals surface area contributed by atoms with Crippen LogP contribution in [0.2, 0.25) is 0 Å². The summed E-state index contributed by atoms with van der Waals surface area (Å²) in [4.78, 5) is 7.59. The first-order chi connectivity index (χ1) is 12.7. The van der Waals surface area contributed by atoms with Crippen LogP contribution in [0.3, 0.4) is 0 Å². The van der Waals surface area contributed by atoms with Gasteiger partial charge in [0.2, 0.25) is 0 Å². The largest absolute Gasteiger partial charge is 0.508 e. The van der Waals surface area contributed by atoms with Crippen molar-refractivity contribution in [2.24, 2.45) is 0 Å². The molecular weight excluding hydrogens is 322 g/mol. The molecular formula is C22H29N3O. The smallest absolute Gasteiger partial charge is 0.117 e. The van der Waals surface area contributed by atoms with Crippen LogP contribution < -0.4 is 9.80 Å². The highest BCUT2D eigenvalue weighted by Gasteiger charge is 2.27. The minimum Gasteiger partial charge on any atom is -0.508 e. The second-order valence-electron chi connectivity index (χ2n) is 7.60. The number of hydrogen-bond donors (Lipinski definition) is 1. The lowest BCUT2D eigenvalue weighted by atomic mass is 10.0. The molecule has 0 aromatic heterocycles. The van der Waals surface area contributed by atoms with Gasteiger partial charge in [-0.05, 0) is 44.0 Å². The van der Waals surface area contributed by atoms with Crippen LogP contribution in [-0.4, -0.2) is 55.3 Å². The number of nitrogens with zero attached hydrogens (tertiary/aromatic N) is 3. The number of phenolic OH excluding ortho intramolecular Hbond substituents is 1. The first-order valence-electron chi connectivity index (χ1n) is 9.79. The summed E-state index contributed by atoms with van der Waals surface area (Å²) in [7, 11) is 0. The lowest BCUT2D eigenvalue weighted by Crippen LogP contribution is -2.53. The van der Waals surface area contributed by atoms with Crippen LogP contribution in [-0.2, 0) is 0 Å². The molecule has 2 heterocycles. The Labute approximate surface area is 156 Å². The molecule has 0 radical (unpaired) electrons. The summed E-state index contributed by atoms with van der Waals surface area (Å²) in [5.41, 5.74) is 3.83. The lowest BCUT2D eigenvalue weighted by Gasteiger charge is -2.43. The molecule has 0 aliphatic carbocycles. The summed E-state index contributed by atoms with van der Waals surface area (Å²) in [6, 6.07) is 17.3. The van der Waals surface area contributed by atoms with Gasteiger partial charge in [-0.25, -0.2) is 0 Å². The zero-order valence-electron chi connectivity index (χ0n) is 15.6. The predicted octanol–water partition coefficient (Wildman–Crippen LogP) is 3.49. The third-order valence-corrected chi connectivity index (χ3v) is 5.89. The van der Waals surface area contributed by atoms with Crippen molar-refractivity contribution in [3.8, 4) is 5.75 Å². The van der Waals surface area contributed by atoms with E-state index >= 15 is 0 Å². The first-order valence-corrected chi connectivity index (χ1v) is 9.79. The van der Waals surface area contributed by atoms with E-state index in [0.29, 0.717) is 11.8 Å². The molecule has 26 heavy (non-hydrogen) atoms. The molecule has 2 saturated heterocycles. The van der Waals surface area contributed by atoms with Gasteiger partial charge in [-0.1, -0.05) is 23.8 Å². The second kappa shape index (κ2) is 7.58. The molecule has 2 aromatic rings. The molecule has 2 aliphatic heterocycles. The highest BCUT2D eigenvalue weighted by molar-refractivity contribution is 5.51. The van der Waals surface area contributed by atoms with Gasteiger partial charge >= 0.3 is 0 Å². The van der Waals surface area contributed by atoms with E-state index < -0.39 is 0 Å². The number of aromatic hydroxyl groups is 1. The predicted molar refractivity (Wildman–Crippen MR) is 108 cm³/mol. The fourth-order valence-electron chi connectivity index (χ4n) is 4.28. The van der Waals surface area contributed by atoms with Gasteiger partial charge < -0.3 is 14.9 Å². The Balaban J connectivity index is 1.29. The highest BCUT2D eigenvalue weighted by atomic mass is 16.3. The number of phenols is 1. The zero-order chi connectivity index (χ0) is 17.9. The molecule has 2 fully saturated rings. The van der Waals surface area contributed by atoms with E-state index in [1.165, 1.54) is 24.1 Å². The van der Waals surface area contributed by atoms with Crippen molar-refractivity contribution in [1.29, 1.82) is 0 Å². The van der Waals surface area contributed by atoms with Gasteiger partial charge in [-0.15, -0.1) is 0 Å². The Hall–Kier alpha value is -2.20. The molecule has 0 bridgehead atoms. The van der Waals surface area contributed by atoms with E-state index in [4.69, 9.17) is 0 Å². The molecule has 0 unspecified atom stereocenters. The molecule has 0 amide bonds. The molecule has 2 aromatic carbocycles. The van der Waals surface area contributed by atoms with Crippen molar-refractivity contribution in [1.82, 2.24) is 4.90 Å². The summed E-state index contributed by atoms with van der Waals surface area (Å²) < 4.78 is 0. The molecule has 4 rings (SSSR count). The van der Waals surface area contributed by atoms with Crippen molar-refractivity contribution in [2.75, 3.05) is 49.1 Å². The second-order valence-corrected chi connectivity index (χ2v) is 7.60. The van der Waals surface area contributed by atoms with E-state index in [0.717, 1.165) is 45.0 Å². The Kier molecular flexibility index (Phi) is 5.02. The Morgan fingerprint density at radius 2 is 1.42 bits per heavy atom. The maximum absolute atomic E-state index is 9.69. The van der Waals surface area contributed by atoms with Crippen LogP contribution in [0.4, 0.5) is 11.4 Å².